The van der Waals surface area contributed by atoms with Gasteiger partial charge in [0.25, 0.3) is 0 Å². The third kappa shape index (κ3) is 4.02. The number of piperazine rings is 1. The lowest BCUT2D eigenvalue weighted by Crippen LogP contribution is -2.48. The van der Waals surface area contributed by atoms with E-state index in [-0.39, 0.29) is 11.8 Å². The quantitative estimate of drug-likeness (QED) is 0.719. The maximum atomic E-state index is 13.3. The molecule has 7 heteroatoms. The van der Waals surface area contributed by atoms with Crippen molar-refractivity contribution in [1.82, 2.24) is 9.21 Å². The zero-order valence-electron chi connectivity index (χ0n) is 17.7. The van der Waals surface area contributed by atoms with Crippen LogP contribution in [0.25, 0.3) is 0 Å². The minimum atomic E-state index is -3.52. The van der Waals surface area contributed by atoms with Gasteiger partial charge in [-0.05, 0) is 48.6 Å². The standard InChI is InChI=1S/C24H29N3O3S/c28-24(20-7-4-8-20)27-12-11-21-17-22(9-10-23(21)27)31(29,30)26-15-13-25(14-16-26)18-19-5-2-1-3-6-19/h1-3,5-6,9-10,17,20H,4,7-8,11-16,18H2. The topological polar surface area (TPSA) is 60.9 Å². The molecule has 1 amide bonds. The number of fused-ring (bicyclic) bond motifs is 1. The molecule has 0 N–H and O–H groups in total. The molecule has 2 fully saturated rings. The average molecular weight is 440 g/mol. The number of hydrogen-bond acceptors (Lipinski definition) is 4. The number of carbonyl (C=O) groups excluding carboxylic acids is 1. The van der Waals surface area contributed by atoms with Gasteiger partial charge in [0.1, 0.15) is 0 Å². The highest BCUT2D eigenvalue weighted by Gasteiger charge is 2.35. The Morgan fingerprint density at radius 2 is 1.68 bits per heavy atom. The number of benzene rings is 2. The zero-order chi connectivity index (χ0) is 21.4. The summed E-state index contributed by atoms with van der Waals surface area (Å²) in [5.41, 5.74) is 3.11. The van der Waals surface area contributed by atoms with E-state index in [0.717, 1.165) is 56.6 Å². The van der Waals surface area contributed by atoms with E-state index in [1.807, 2.05) is 29.2 Å². The fourth-order valence-corrected chi connectivity index (χ4v) is 6.24. The highest BCUT2D eigenvalue weighted by Crippen LogP contribution is 2.36. The maximum Gasteiger partial charge on any atom is 0.243 e. The number of anilines is 1. The Morgan fingerprint density at radius 3 is 2.35 bits per heavy atom. The predicted molar refractivity (Wildman–Crippen MR) is 120 cm³/mol. The van der Waals surface area contributed by atoms with Crippen molar-refractivity contribution in [3.8, 4) is 0 Å². The molecule has 2 aromatic rings. The second-order valence-corrected chi connectivity index (χ2v) is 10.8. The molecule has 1 saturated heterocycles. The normalized spacial score (nSPS) is 20.5. The summed E-state index contributed by atoms with van der Waals surface area (Å²) < 4.78 is 28.1. The Bertz CT molecular complexity index is 1060. The molecule has 0 atom stereocenters. The van der Waals surface area contributed by atoms with Crippen LogP contribution in [0.1, 0.15) is 30.4 Å². The Balaban J connectivity index is 1.26. The van der Waals surface area contributed by atoms with Gasteiger partial charge in [-0.3, -0.25) is 9.69 Å². The number of carbonyl (C=O) groups is 1. The van der Waals surface area contributed by atoms with E-state index in [1.54, 1.807) is 16.4 Å². The van der Waals surface area contributed by atoms with Gasteiger partial charge in [-0.2, -0.15) is 4.31 Å². The molecule has 0 radical (unpaired) electrons. The van der Waals surface area contributed by atoms with Crippen LogP contribution in [0, 0.1) is 5.92 Å². The van der Waals surface area contributed by atoms with Crippen molar-refractivity contribution in [1.29, 1.82) is 0 Å². The lowest BCUT2D eigenvalue weighted by Gasteiger charge is -2.34. The molecular weight excluding hydrogens is 410 g/mol. The van der Waals surface area contributed by atoms with Gasteiger partial charge < -0.3 is 4.90 Å². The van der Waals surface area contributed by atoms with Crippen molar-refractivity contribution in [2.45, 2.75) is 37.1 Å². The highest BCUT2D eigenvalue weighted by atomic mass is 32.2. The Labute approximate surface area is 184 Å². The second kappa shape index (κ2) is 8.37. The summed E-state index contributed by atoms with van der Waals surface area (Å²) in [5.74, 6) is 0.358. The summed E-state index contributed by atoms with van der Waals surface area (Å²) in [7, 11) is -3.52. The van der Waals surface area contributed by atoms with Gasteiger partial charge in [0.15, 0.2) is 0 Å². The lowest BCUT2D eigenvalue weighted by atomic mass is 9.84. The number of amides is 1. The lowest BCUT2D eigenvalue weighted by molar-refractivity contribution is -0.124. The molecule has 2 aromatic carbocycles. The van der Waals surface area contributed by atoms with E-state index >= 15 is 0 Å². The van der Waals surface area contributed by atoms with Crippen molar-refractivity contribution in [3.63, 3.8) is 0 Å². The van der Waals surface area contributed by atoms with Crippen molar-refractivity contribution in [2.24, 2.45) is 5.92 Å². The molecule has 31 heavy (non-hydrogen) atoms. The minimum Gasteiger partial charge on any atom is -0.312 e. The Hall–Kier alpha value is -2.22. The largest absolute Gasteiger partial charge is 0.312 e. The summed E-state index contributed by atoms with van der Waals surface area (Å²) in [6.07, 6.45) is 3.82. The smallest absolute Gasteiger partial charge is 0.243 e. The van der Waals surface area contributed by atoms with Crippen LogP contribution in [0.4, 0.5) is 5.69 Å². The van der Waals surface area contributed by atoms with Crippen molar-refractivity contribution in [3.05, 3.63) is 59.7 Å². The molecule has 3 aliphatic rings. The molecule has 0 unspecified atom stereocenters. The van der Waals surface area contributed by atoms with Crippen LogP contribution in [0.15, 0.2) is 53.4 Å². The van der Waals surface area contributed by atoms with Crippen molar-refractivity contribution < 1.29 is 13.2 Å². The summed E-state index contributed by atoms with van der Waals surface area (Å²) in [4.78, 5) is 17.2. The monoisotopic (exact) mass is 439 g/mol. The van der Waals surface area contributed by atoms with E-state index in [0.29, 0.717) is 24.5 Å². The fourth-order valence-electron chi connectivity index (χ4n) is 4.76. The summed E-state index contributed by atoms with van der Waals surface area (Å²) in [5, 5.41) is 0. The van der Waals surface area contributed by atoms with E-state index in [2.05, 4.69) is 17.0 Å². The first-order valence-electron chi connectivity index (χ1n) is 11.2. The van der Waals surface area contributed by atoms with E-state index < -0.39 is 10.0 Å². The molecule has 164 valence electrons. The molecule has 2 heterocycles. The van der Waals surface area contributed by atoms with Crippen LogP contribution in [0.5, 0.6) is 0 Å². The molecule has 0 spiro atoms. The first kappa shape index (κ1) is 20.7. The van der Waals surface area contributed by atoms with Crippen LogP contribution in [-0.4, -0.2) is 56.3 Å². The molecular formula is C24H29N3O3S. The van der Waals surface area contributed by atoms with Gasteiger partial charge in [-0.15, -0.1) is 0 Å². The van der Waals surface area contributed by atoms with Gasteiger partial charge >= 0.3 is 0 Å². The van der Waals surface area contributed by atoms with E-state index in [9.17, 15) is 13.2 Å². The molecule has 6 nitrogen and oxygen atoms in total. The van der Waals surface area contributed by atoms with Gasteiger partial charge in [0, 0.05) is 50.9 Å². The fraction of sp³-hybridized carbons (Fsp3) is 0.458. The zero-order valence-corrected chi connectivity index (χ0v) is 18.6. The third-order valence-electron chi connectivity index (χ3n) is 6.88. The van der Waals surface area contributed by atoms with Crippen molar-refractivity contribution >= 4 is 21.6 Å². The van der Waals surface area contributed by atoms with Gasteiger partial charge in [-0.25, -0.2) is 8.42 Å². The minimum absolute atomic E-state index is 0.154. The Kier molecular flexibility index (Phi) is 5.58. The van der Waals surface area contributed by atoms with Gasteiger partial charge in [0.2, 0.25) is 15.9 Å². The number of hydrogen-bond donors (Lipinski definition) is 0. The van der Waals surface area contributed by atoms with E-state index in [4.69, 9.17) is 0 Å². The predicted octanol–water partition coefficient (Wildman–Crippen LogP) is 2.88. The highest BCUT2D eigenvalue weighted by molar-refractivity contribution is 7.89. The number of sulfonamides is 1. The summed E-state index contributed by atoms with van der Waals surface area (Å²) in [6, 6.07) is 15.6. The molecule has 0 aromatic heterocycles. The van der Waals surface area contributed by atoms with Crippen LogP contribution in [0.3, 0.4) is 0 Å². The third-order valence-corrected chi connectivity index (χ3v) is 8.78. The molecule has 5 rings (SSSR count). The Morgan fingerprint density at radius 1 is 0.935 bits per heavy atom. The van der Waals surface area contributed by atoms with Crippen LogP contribution in [-0.2, 0) is 27.8 Å². The van der Waals surface area contributed by atoms with Gasteiger partial charge in [-0.1, -0.05) is 36.8 Å². The first-order valence-corrected chi connectivity index (χ1v) is 12.7. The summed E-state index contributed by atoms with van der Waals surface area (Å²) in [6.45, 7) is 3.95. The van der Waals surface area contributed by atoms with Crippen LogP contribution in [0.2, 0.25) is 0 Å². The van der Waals surface area contributed by atoms with E-state index in [1.165, 1.54) is 5.56 Å². The maximum absolute atomic E-state index is 13.3. The second-order valence-electron chi connectivity index (χ2n) is 8.82. The summed E-state index contributed by atoms with van der Waals surface area (Å²) >= 11 is 0. The average Bonchev–Trinajstić information content (AvgIpc) is 3.17. The molecule has 1 aliphatic carbocycles. The molecule has 2 aliphatic heterocycles. The van der Waals surface area contributed by atoms with Crippen LogP contribution >= 0.6 is 0 Å². The SMILES string of the molecule is O=C(C1CCC1)N1CCc2cc(S(=O)(=O)N3CCN(Cc4ccccc4)CC3)ccc21. The van der Waals surface area contributed by atoms with Crippen molar-refractivity contribution in [2.75, 3.05) is 37.6 Å². The molecule has 1 saturated carbocycles. The van der Waals surface area contributed by atoms with Crippen LogP contribution < -0.4 is 4.90 Å². The van der Waals surface area contributed by atoms with Gasteiger partial charge in [0.05, 0.1) is 4.90 Å². The first-order chi connectivity index (χ1) is 15.0. The molecule has 0 bridgehead atoms. The number of rotatable bonds is 5. The number of nitrogens with zero attached hydrogens (tertiary/aromatic N) is 3.